The van der Waals surface area contributed by atoms with E-state index in [0.717, 1.165) is 4.88 Å². The molecule has 0 bridgehead atoms. The topological polar surface area (TPSA) is 50.9 Å². The van der Waals surface area contributed by atoms with Crippen LogP contribution in [0.15, 0.2) is 10.7 Å². The van der Waals surface area contributed by atoms with Gasteiger partial charge in [-0.2, -0.15) is 0 Å². The highest BCUT2D eigenvalue weighted by Gasteiger charge is 2.21. The number of hydrogen-bond donors (Lipinski definition) is 1. The van der Waals surface area contributed by atoms with Crippen LogP contribution in [0.3, 0.4) is 0 Å². The highest BCUT2D eigenvalue weighted by molar-refractivity contribution is 9.10. The maximum atomic E-state index is 10.3. The molecule has 0 saturated carbocycles. The molecule has 0 spiro atoms. The first-order valence-electron chi connectivity index (χ1n) is 4.80. The maximum absolute atomic E-state index is 10.3. The van der Waals surface area contributed by atoms with E-state index in [4.69, 9.17) is 0 Å². The number of aliphatic hydroxyl groups is 1. The summed E-state index contributed by atoms with van der Waals surface area (Å²) in [6.45, 7) is 4.09. The lowest BCUT2D eigenvalue weighted by Crippen LogP contribution is -2.05. The molecule has 16 heavy (non-hydrogen) atoms. The van der Waals surface area contributed by atoms with E-state index in [0.29, 0.717) is 10.3 Å². The number of aryl methyl sites for hydroxylation is 3. The van der Waals surface area contributed by atoms with Crippen molar-refractivity contribution in [2.24, 2.45) is 7.05 Å². The van der Waals surface area contributed by atoms with Gasteiger partial charge in [0.1, 0.15) is 11.8 Å². The summed E-state index contributed by atoms with van der Waals surface area (Å²) in [6.07, 6.45) is -0.674. The molecular formula is C10H12BrN3OS. The molecule has 86 valence electrons. The van der Waals surface area contributed by atoms with Crippen molar-refractivity contribution in [3.8, 4) is 0 Å². The smallest absolute Gasteiger partial charge is 0.154 e. The average molecular weight is 302 g/mol. The summed E-state index contributed by atoms with van der Waals surface area (Å²) >= 11 is 4.89. The van der Waals surface area contributed by atoms with Gasteiger partial charge in [-0.25, -0.2) is 4.68 Å². The highest BCUT2D eigenvalue weighted by atomic mass is 79.9. The largest absolute Gasteiger partial charge is 0.381 e. The van der Waals surface area contributed by atoms with Crippen LogP contribution >= 0.6 is 27.3 Å². The first-order valence-corrected chi connectivity index (χ1v) is 6.41. The normalized spacial score (nSPS) is 13.1. The van der Waals surface area contributed by atoms with Crippen LogP contribution in [0.2, 0.25) is 0 Å². The van der Waals surface area contributed by atoms with Crippen LogP contribution in [0.5, 0.6) is 0 Å². The molecule has 0 amide bonds. The minimum absolute atomic E-state index is 0.589. The van der Waals surface area contributed by atoms with E-state index in [1.54, 1.807) is 23.1 Å². The SMILES string of the molecule is Cc1cc(C(O)c2c(Br)nnn2C)sc1C. The second kappa shape index (κ2) is 4.27. The van der Waals surface area contributed by atoms with Crippen molar-refractivity contribution in [3.63, 3.8) is 0 Å². The van der Waals surface area contributed by atoms with E-state index in [-0.39, 0.29) is 0 Å². The summed E-state index contributed by atoms with van der Waals surface area (Å²) in [5.74, 6) is 0. The summed E-state index contributed by atoms with van der Waals surface area (Å²) < 4.78 is 2.17. The van der Waals surface area contributed by atoms with Crippen molar-refractivity contribution >= 4 is 27.3 Å². The fourth-order valence-electron chi connectivity index (χ4n) is 1.50. The third kappa shape index (κ3) is 1.92. The molecule has 1 N–H and O–H groups in total. The number of nitrogens with zero attached hydrogens (tertiary/aromatic N) is 3. The Morgan fingerprint density at radius 1 is 1.50 bits per heavy atom. The quantitative estimate of drug-likeness (QED) is 0.926. The first kappa shape index (κ1) is 11.8. The van der Waals surface area contributed by atoms with Gasteiger partial charge in [0.2, 0.25) is 0 Å². The highest BCUT2D eigenvalue weighted by Crippen LogP contribution is 2.32. The van der Waals surface area contributed by atoms with Gasteiger partial charge in [0.25, 0.3) is 0 Å². The van der Waals surface area contributed by atoms with Gasteiger partial charge < -0.3 is 5.11 Å². The van der Waals surface area contributed by atoms with Crippen molar-refractivity contribution in [2.75, 3.05) is 0 Å². The molecule has 0 radical (unpaired) electrons. The minimum Gasteiger partial charge on any atom is -0.381 e. The van der Waals surface area contributed by atoms with Crippen molar-refractivity contribution in [1.29, 1.82) is 0 Å². The number of aromatic nitrogens is 3. The molecule has 2 aromatic rings. The number of thiophene rings is 1. The molecule has 2 aromatic heterocycles. The fraction of sp³-hybridized carbons (Fsp3) is 0.400. The van der Waals surface area contributed by atoms with Gasteiger partial charge in [-0.3, -0.25) is 0 Å². The van der Waals surface area contributed by atoms with Crippen LogP contribution in [0.25, 0.3) is 0 Å². The Labute approximate surface area is 106 Å². The Bertz CT molecular complexity index is 481. The molecule has 2 rings (SSSR count). The van der Waals surface area contributed by atoms with E-state index in [9.17, 15) is 5.11 Å². The summed E-state index contributed by atoms with van der Waals surface area (Å²) in [5, 5.41) is 18.0. The maximum Gasteiger partial charge on any atom is 0.154 e. The van der Waals surface area contributed by atoms with Crippen molar-refractivity contribution in [3.05, 3.63) is 31.7 Å². The molecule has 0 fully saturated rings. The molecule has 1 atom stereocenters. The number of rotatable bonds is 2. The van der Waals surface area contributed by atoms with Crippen LogP contribution in [0.1, 0.15) is 27.1 Å². The van der Waals surface area contributed by atoms with E-state index in [2.05, 4.69) is 26.2 Å². The lowest BCUT2D eigenvalue weighted by Gasteiger charge is -2.08. The molecule has 0 aliphatic carbocycles. The summed E-state index contributed by atoms with van der Waals surface area (Å²) in [7, 11) is 1.77. The zero-order valence-electron chi connectivity index (χ0n) is 9.23. The lowest BCUT2D eigenvalue weighted by atomic mass is 10.2. The predicted molar refractivity (Wildman–Crippen MR) is 66.6 cm³/mol. The molecule has 4 nitrogen and oxygen atoms in total. The monoisotopic (exact) mass is 301 g/mol. The zero-order chi connectivity index (χ0) is 11.9. The minimum atomic E-state index is -0.674. The zero-order valence-corrected chi connectivity index (χ0v) is 11.6. The Morgan fingerprint density at radius 2 is 2.19 bits per heavy atom. The third-order valence-electron chi connectivity index (χ3n) is 2.54. The van der Waals surface area contributed by atoms with E-state index >= 15 is 0 Å². The predicted octanol–water partition coefficient (Wildman–Crippen LogP) is 2.34. The van der Waals surface area contributed by atoms with Crippen LogP contribution < -0.4 is 0 Å². The van der Waals surface area contributed by atoms with E-state index in [1.165, 1.54) is 10.4 Å². The summed E-state index contributed by atoms with van der Waals surface area (Å²) in [5.41, 5.74) is 1.88. The third-order valence-corrected chi connectivity index (χ3v) is 4.31. The van der Waals surface area contributed by atoms with Gasteiger partial charge in [0.05, 0.1) is 0 Å². The van der Waals surface area contributed by atoms with Gasteiger partial charge >= 0.3 is 0 Å². The number of hydrogen-bond acceptors (Lipinski definition) is 4. The second-order valence-electron chi connectivity index (χ2n) is 3.68. The lowest BCUT2D eigenvalue weighted by molar-refractivity contribution is 0.212. The molecular weight excluding hydrogens is 290 g/mol. The molecule has 6 heteroatoms. The van der Waals surface area contributed by atoms with E-state index in [1.807, 2.05) is 19.9 Å². The molecule has 0 aromatic carbocycles. The van der Waals surface area contributed by atoms with Crippen molar-refractivity contribution < 1.29 is 5.11 Å². The van der Waals surface area contributed by atoms with Crippen LogP contribution in [-0.2, 0) is 7.05 Å². The summed E-state index contributed by atoms with van der Waals surface area (Å²) in [6, 6.07) is 2.00. The van der Waals surface area contributed by atoms with Crippen molar-refractivity contribution in [1.82, 2.24) is 15.0 Å². The Balaban J connectivity index is 2.42. The van der Waals surface area contributed by atoms with Crippen LogP contribution in [0.4, 0.5) is 0 Å². The number of aliphatic hydroxyl groups excluding tert-OH is 1. The molecule has 1 unspecified atom stereocenters. The molecule has 0 aliphatic heterocycles. The molecule has 0 saturated heterocycles. The summed E-state index contributed by atoms with van der Waals surface area (Å²) in [4.78, 5) is 2.14. The standard InChI is InChI=1S/C10H12BrN3OS/c1-5-4-7(16-6(5)2)9(15)8-10(11)12-13-14(8)3/h4,9,15H,1-3H3. The Hall–Kier alpha value is -0.720. The Morgan fingerprint density at radius 3 is 2.62 bits per heavy atom. The second-order valence-corrected chi connectivity index (χ2v) is 5.72. The Kier molecular flexibility index (Phi) is 3.14. The van der Waals surface area contributed by atoms with Crippen molar-refractivity contribution in [2.45, 2.75) is 20.0 Å². The van der Waals surface area contributed by atoms with Gasteiger partial charge in [-0.15, -0.1) is 16.4 Å². The van der Waals surface area contributed by atoms with E-state index < -0.39 is 6.10 Å². The van der Waals surface area contributed by atoms with Crippen LogP contribution in [-0.4, -0.2) is 20.1 Å². The fourth-order valence-corrected chi connectivity index (χ4v) is 3.08. The van der Waals surface area contributed by atoms with Gasteiger partial charge in [0, 0.05) is 16.8 Å². The molecule has 0 aliphatic rings. The molecule has 2 heterocycles. The number of halogens is 1. The van der Waals surface area contributed by atoms with Crippen LogP contribution in [0, 0.1) is 13.8 Å². The van der Waals surface area contributed by atoms with Gasteiger partial charge in [-0.05, 0) is 41.4 Å². The van der Waals surface area contributed by atoms with Gasteiger partial charge in [0.15, 0.2) is 4.60 Å². The average Bonchev–Trinajstić information content (AvgIpc) is 2.72. The first-order chi connectivity index (χ1) is 7.50. The van der Waals surface area contributed by atoms with Gasteiger partial charge in [-0.1, -0.05) is 5.21 Å².